The molecule has 106 valence electrons. The van der Waals surface area contributed by atoms with Gasteiger partial charge in [-0.1, -0.05) is 23.5 Å². The van der Waals surface area contributed by atoms with E-state index in [1.807, 2.05) is 35.9 Å². The van der Waals surface area contributed by atoms with Crippen LogP contribution in [0.25, 0.3) is 10.2 Å². The number of nitrogens with one attached hydrogen (secondary N) is 1. The third-order valence-electron chi connectivity index (χ3n) is 3.08. The summed E-state index contributed by atoms with van der Waals surface area (Å²) in [6.45, 7) is 1.25. The molecule has 1 atom stereocenters. The number of hydrogen-bond acceptors (Lipinski definition) is 5. The number of thiazole rings is 1. The van der Waals surface area contributed by atoms with Crippen LogP contribution >= 0.6 is 11.3 Å². The molecule has 1 aliphatic heterocycles. The highest BCUT2D eigenvalue weighted by molar-refractivity contribution is 7.16. The fraction of sp³-hybridized carbons (Fsp3) is 0.385. The Kier molecular flexibility index (Phi) is 3.81. The first-order valence-corrected chi connectivity index (χ1v) is 7.15. The SMILES string of the molecule is Cn1c(=NNC(=O)C2COCCO2)sc2ccccc21. The van der Waals surface area contributed by atoms with Crippen molar-refractivity contribution < 1.29 is 14.3 Å². The number of carbonyl (C=O) groups excluding carboxylic acids is 1. The van der Waals surface area contributed by atoms with Crippen LogP contribution in [0.3, 0.4) is 0 Å². The second-order valence-corrected chi connectivity index (χ2v) is 5.44. The number of fused-ring (bicyclic) bond motifs is 1. The van der Waals surface area contributed by atoms with E-state index in [0.29, 0.717) is 13.2 Å². The third kappa shape index (κ3) is 2.60. The van der Waals surface area contributed by atoms with Crippen LogP contribution in [-0.2, 0) is 21.3 Å². The van der Waals surface area contributed by atoms with Gasteiger partial charge in [0.2, 0.25) is 4.80 Å². The van der Waals surface area contributed by atoms with Gasteiger partial charge < -0.3 is 14.0 Å². The van der Waals surface area contributed by atoms with E-state index in [4.69, 9.17) is 9.47 Å². The molecular weight excluding hydrogens is 278 g/mol. The highest BCUT2D eigenvalue weighted by Crippen LogP contribution is 2.14. The molecule has 3 rings (SSSR count). The summed E-state index contributed by atoms with van der Waals surface area (Å²) in [5.41, 5.74) is 3.63. The lowest BCUT2D eigenvalue weighted by Gasteiger charge is -2.20. The lowest BCUT2D eigenvalue weighted by Crippen LogP contribution is -2.41. The molecule has 2 aromatic rings. The van der Waals surface area contributed by atoms with E-state index in [1.165, 1.54) is 11.3 Å². The second kappa shape index (κ2) is 5.74. The molecule has 7 heteroatoms. The fourth-order valence-corrected chi connectivity index (χ4v) is 2.98. The number of carbonyl (C=O) groups is 1. The Bertz CT molecular complexity index is 685. The number of hydrogen-bond donors (Lipinski definition) is 1. The quantitative estimate of drug-likeness (QED) is 0.824. The van der Waals surface area contributed by atoms with Crippen molar-refractivity contribution in [1.82, 2.24) is 9.99 Å². The predicted octanol–water partition coefficient (Wildman–Crippen LogP) is 0.587. The third-order valence-corrected chi connectivity index (χ3v) is 4.20. The van der Waals surface area contributed by atoms with Gasteiger partial charge >= 0.3 is 0 Å². The van der Waals surface area contributed by atoms with Crippen LogP contribution in [0.4, 0.5) is 0 Å². The Hall–Kier alpha value is -1.70. The Morgan fingerprint density at radius 3 is 3.05 bits per heavy atom. The van der Waals surface area contributed by atoms with Crippen molar-refractivity contribution in [3.63, 3.8) is 0 Å². The molecule has 1 unspecified atom stereocenters. The van der Waals surface area contributed by atoms with Gasteiger partial charge in [0.25, 0.3) is 5.91 Å². The molecule has 1 fully saturated rings. The van der Waals surface area contributed by atoms with E-state index < -0.39 is 6.10 Å². The zero-order valence-corrected chi connectivity index (χ0v) is 11.9. The molecule has 20 heavy (non-hydrogen) atoms. The molecule has 1 N–H and O–H groups in total. The van der Waals surface area contributed by atoms with E-state index in [1.54, 1.807) is 0 Å². The fourth-order valence-electron chi connectivity index (χ4n) is 2.00. The summed E-state index contributed by atoms with van der Waals surface area (Å²) in [7, 11) is 1.92. The van der Waals surface area contributed by atoms with Crippen molar-refractivity contribution in [1.29, 1.82) is 0 Å². The predicted molar refractivity (Wildman–Crippen MR) is 75.1 cm³/mol. The molecule has 1 aromatic heterocycles. The second-order valence-electron chi connectivity index (χ2n) is 4.43. The maximum Gasteiger partial charge on any atom is 0.271 e. The largest absolute Gasteiger partial charge is 0.376 e. The monoisotopic (exact) mass is 293 g/mol. The smallest absolute Gasteiger partial charge is 0.271 e. The molecule has 0 spiro atoms. The number of aromatic nitrogens is 1. The highest BCUT2D eigenvalue weighted by atomic mass is 32.1. The van der Waals surface area contributed by atoms with Gasteiger partial charge in [0.1, 0.15) is 0 Å². The van der Waals surface area contributed by atoms with Crippen LogP contribution in [0, 0.1) is 0 Å². The zero-order valence-electron chi connectivity index (χ0n) is 11.0. The Morgan fingerprint density at radius 1 is 1.45 bits per heavy atom. The van der Waals surface area contributed by atoms with Gasteiger partial charge in [0, 0.05) is 7.05 Å². The Labute approximate surface area is 119 Å². The molecule has 0 aliphatic carbocycles. The van der Waals surface area contributed by atoms with Crippen molar-refractivity contribution >= 4 is 27.5 Å². The van der Waals surface area contributed by atoms with Crippen LogP contribution in [0.2, 0.25) is 0 Å². The first-order chi connectivity index (χ1) is 9.75. The van der Waals surface area contributed by atoms with E-state index in [2.05, 4.69) is 10.5 Å². The minimum atomic E-state index is -0.577. The number of ether oxygens (including phenoxy) is 2. The Balaban J connectivity index is 1.80. The minimum Gasteiger partial charge on any atom is -0.376 e. The van der Waals surface area contributed by atoms with E-state index in [0.717, 1.165) is 15.0 Å². The summed E-state index contributed by atoms with van der Waals surface area (Å²) >= 11 is 1.52. The van der Waals surface area contributed by atoms with Crippen molar-refractivity contribution in [2.45, 2.75) is 6.10 Å². The van der Waals surface area contributed by atoms with Crippen LogP contribution in [0.5, 0.6) is 0 Å². The lowest BCUT2D eigenvalue weighted by atomic mass is 10.3. The summed E-state index contributed by atoms with van der Waals surface area (Å²) < 4.78 is 13.6. The summed E-state index contributed by atoms with van der Waals surface area (Å²) in [5, 5.41) is 4.16. The van der Waals surface area contributed by atoms with Gasteiger partial charge in [-0.2, -0.15) is 0 Å². The summed E-state index contributed by atoms with van der Waals surface area (Å²) in [6.07, 6.45) is -0.577. The highest BCUT2D eigenvalue weighted by Gasteiger charge is 2.22. The average Bonchev–Trinajstić information content (AvgIpc) is 2.83. The van der Waals surface area contributed by atoms with Crippen molar-refractivity contribution in [3.05, 3.63) is 29.1 Å². The molecule has 1 aliphatic rings. The molecule has 6 nitrogen and oxygen atoms in total. The van der Waals surface area contributed by atoms with Gasteiger partial charge in [0.05, 0.1) is 30.0 Å². The maximum absolute atomic E-state index is 11.9. The first-order valence-electron chi connectivity index (χ1n) is 6.33. The number of amides is 1. The summed E-state index contributed by atoms with van der Waals surface area (Å²) in [4.78, 5) is 12.6. The van der Waals surface area contributed by atoms with Gasteiger partial charge in [-0.15, -0.1) is 5.10 Å². The number of para-hydroxylation sites is 1. The molecule has 2 heterocycles. The maximum atomic E-state index is 11.9. The van der Waals surface area contributed by atoms with E-state index in [-0.39, 0.29) is 12.5 Å². The van der Waals surface area contributed by atoms with Crippen LogP contribution in [-0.4, -0.2) is 36.4 Å². The molecular formula is C13H15N3O3S. The van der Waals surface area contributed by atoms with Crippen molar-refractivity contribution in [3.8, 4) is 0 Å². The van der Waals surface area contributed by atoms with Gasteiger partial charge in [-0.3, -0.25) is 4.79 Å². The molecule has 1 amide bonds. The molecule has 1 saturated heterocycles. The van der Waals surface area contributed by atoms with Crippen LogP contribution in [0.1, 0.15) is 0 Å². The van der Waals surface area contributed by atoms with Crippen LogP contribution in [0.15, 0.2) is 29.4 Å². The minimum absolute atomic E-state index is 0.276. The van der Waals surface area contributed by atoms with Crippen molar-refractivity contribution in [2.75, 3.05) is 19.8 Å². The van der Waals surface area contributed by atoms with Gasteiger partial charge in [-0.05, 0) is 12.1 Å². The molecule has 1 aromatic carbocycles. The van der Waals surface area contributed by atoms with Crippen molar-refractivity contribution in [2.24, 2.45) is 12.1 Å². The van der Waals surface area contributed by atoms with Crippen LogP contribution < -0.4 is 10.2 Å². The van der Waals surface area contributed by atoms with E-state index in [9.17, 15) is 4.79 Å². The first kappa shape index (κ1) is 13.3. The summed E-state index contributed by atoms with van der Waals surface area (Å²) in [6, 6.07) is 8.00. The summed E-state index contributed by atoms with van der Waals surface area (Å²) in [5.74, 6) is -0.276. The molecule has 0 bridgehead atoms. The molecule has 0 saturated carbocycles. The average molecular weight is 293 g/mol. The Morgan fingerprint density at radius 2 is 2.30 bits per heavy atom. The number of rotatable bonds is 2. The number of nitrogens with zero attached hydrogens (tertiary/aromatic N) is 2. The van der Waals surface area contributed by atoms with Gasteiger partial charge in [0.15, 0.2) is 6.10 Å². The van der Waals surface area contributed by atoms with Gasteiger partial charge in [-0.25, -0.2) is 5.43 Å². The number of aryl methyl sites for hydroxylation is 1. The molecule has 0 radical (unpaired) electrons. The zero-order chi connectivity index (χ0) is 13.9. The normalized spacial score (nSPS) is 20.2. The number of benzene rings is 1. The lowest BCUT2D eigenvalue weighted by molar-refractivity contribution is -0.147. The standard InChI is InChI=1S/C13H15N3O3S/c1-16-9-4-2-3-5-11(9)20-13(16)15-14-12(17)10-8-18-6-7-19-10/h2-5,10H,6-8H2,1H3,(H,14,17). The topological polar surface area (TPSA) is 64.9 Å². The van der Waals surface area contributed by atoms with E-state index >= 15 is 0 Å².